The molecule has 3 nitrogen and oxygen atoms in total. The number of carbonyl (C=O) groups excluding carboxylic acids is 1. The molecule has 24 heavy (non-hydrogen) atoms. The lowest BCUT2D eigenvalue weighted by molar-refractivity contribution is -0.129. The standard InChI is InChI=1S/C19H21FN2OS/c20-15-8-10-16(11-9-15)21-17-5-4-12-22(13-17)19(23)14-24-18-6-2-1-3-7-18/h1-3,6-11,17,21H,4-5,12-14H2/t17-/m0/s1. The van der Waals surface area contributed by atoms with E-state index in [1.165, 1.54) is 12.1 Å². The molecule has 1 aliphatic heterocycles. The zero-order chi connectivity index (χ0) is 16.8. The van der Waals surface area contributed by atoms with Gasteiger partial charge in [-0.15, -0.1) is 11.8 Å². The minimum absolute atomic E-state index is 0.175. The van der Waals surface area contributed by atoms with Crippen LogP contribution in [0.25, 0.3) is 0 Å². The molecule has 0 saturated carbocycles. The number of piperidine rings is 1. The van der Waals surface area contributed by atoms with Crippen molar-refractivity contribution in [3.8, 4) is 0 Å². The second-order valence-electron chi connectivity index (χ2n) is 5.93. The van der Waals surface area contributed by atoms with Crippen molar-refractivity contribution in [3.63, 3.8) is 0 Å². The summed E-state index contributed by atoms with van der Waals surface area (Å²) in [6.45, 7) is 1.52. The second-order valence-corrected chi connectivity index (χ2v) is 6.98. The van der Waals surface area contributed by atoms with Crippen molar-refractivity contribution in [1.82, 2.24) is 4.90 Å². The summed E-state index contributed by atoms with van der Waals surface area (Å²) < 4.78 is 13.0. The normalized spacial score (nSPS) is 17.5. The van der Waals surface area contributed by atoms with Gasteiger partial charge in [0.05, 0.1) is 5.75 Å². The molecular formula is C19H21FN2OS. The van der Waals surface area contributed by atoms with Gasteiger partial charge in [0, 0.05) is 29.7 Å². The minimum atomic E-state index is -0.237. The van der Waals surface area contributed by atoms with Crippen molar-refractivity contribution in [1.29, 1.82) is 0 Å². The van der Waals surface area contributed by atoms with Crippen molar-refractivity contribution in [2.75, 3.05) is 24.2 Å². The lowest BCUT2D eigenvalue weighted by atomic mass is 10.1. The molecule has 1 amide bonds. The van der Waals surface area contributed by atoms with Gasteiger partial charge < -0.3 is 10.2 Å². The van der Waals surface area contributed by atoms with E-state index >= 15 is 0 Å². The number of anilines is 1. The van der Waals surface area contributed by atoms with Crippen LogP contribution in [0.1, 0.15) is 12.8 Å². The Kier molecular flexibility index (Phi) is 5.75. The van der Waals surface area contributed by atoms with Crippen molar-refractivity contribution in [2.24, 2.45) is 0 Å². The van der Waals surface area contributed by atoms with E-state index in [0.717, 1.165) is 30.0 Å². The smallest absolute Gasteiger partial charge is 0.233 e. The number of benzene rings is 2. The zero-order valence-electron chi connectivity index (χ0n) is 13.5. The summed E-state index contributed by atoms with van der Waals surface area (Å²) >= 11 is 1.58. The van der Waals surface area contributed by atoms with Crippen molar-refractivity contribution in [3.05, 3.63) is 60.4 Å². The summed E-state index contributed by atoms with van der Waals surface area (Å²) in [5.41, 5.74) is 0.898. The highest BCUT2D eigenvalue weighted by Crippen LogP contribution is 2.20. The molecule has 1 fully saturated rings. The summed E-state index contributed by atoms with van der Waals surface area (Å²) in [5.74, 6) is 0.404. The summed E-state index contributed by atoms with van der Waals surface area (Å²) in [4.78, 5) is 15.5. The predicted molar refractivity (Wildman–Crippen MR) is 96.8 cm³/mol. The number of rotatable bonds is 5. The molecule has 2 aromatic rings. The molecule has 1 saturated heterocycles. The Balaban J connectivity index is 1.51. The van der Waals surface area contributed by atoms with Crippen LogP contribution in [0.15, 0.2) is 59.5 Å². The SMILES string of the molecule is O=C(CSc1ccccc1)N1CCC[C@H](Nc2ccc(F)cc2)C1. The average Bonchev–Trinajstić information content (AvgIpc) is 2.63. The van der Waals surface area contributed by atoms with Crippen LogP contribution < -0.4 is 5.32 Å². The largest absolute Gasteiger partial charge is 0.381 e. The molecule has 0 unspecified atom stereocenters. The first kappa shape index (κ1) is 16.8. The Hall–Kier alpha value is -2.01. The number of halogens is 1. The molecule has 1 heterocycles. The van der Waals surface area contributed by atoms with Crippen LogP contribution in [-0.2, 0) is 4.79 Å². The van der Waals surface area contributed by atoms with Gasteiger partial charge in [0.25, 0.3) is 0 Å². The fourth-order valence-electron chi connectivity index (χ4n) is 2.86. The van der Waals surface area contributed by atoms with Gasteiger partial charge in [-0.1, -0.05) is 18.2 Å². The van der Waals surface area contributed by atoms with Gasteiger partial charge in [0.1, 0.15) is 5.82 Å². The van der Waals surface area contributed by atoms with Crippen molar-refractivity contribution in [2.45, 2.75) is 23.8 Å². The van der Waals surface area contributed by atoms with Gasteiger partial charge in [0.15, 0.2) is 0 Å². The van der Waals surface area contributed by atoms with Gasteiger partial charge in [0.2, 0.25) is 5.91 Å². The first-order valence-electron chi connectivity index (χ1n) is 8.18. The number of amides is 1. The number of hydrogen-bond donors (Lipinski definition) is 1. The molecule has 0 aromatic heterocycles. The quantitative estimate of drug-likeness (QED) is 0.832. The third kappa shape index (κ3) is 4.74. The molecule has 0 bridgehead atoms. The highest BCUT2D eigenvalue weighted by Gasteiger charge is 2.23. The third-order valence-corrected chi connectivity index (χ3v) is 5.09. The summed E-state index contributed by atoms with van der Waals surface area (Å²) in [6, 6.07) is 16.6. The molecule has 1 aliphatic rings. The van der Waals surface area contributed by atoms with E-state index in [0.29, 0.717) is 12.3 Å². The molecule has 5 heteroatoms. The number of thioether (sulfide) groups is 1. The van der Waals surface area contributed by atoms with Gasteiger partial charge >= 0.3 is 0 Å². The molecule has 0 aliphatic carbocycles. The number of nitrogens with one attached hydrogen (secondary N) is 1. The fraction of sp³-hybridized carbons (Fsp3) is 0.316. The van der Waals surface area contributed by atoms with Gasteiger partial charge in [-0.05, 0) is 49.2 Å². The van der Waals surface area contributed by atoms with E-state index in [1.807, 2.05) is 35.2 Å². The van der Waals surface area contributed by atoms with Crippen LogP contribution in [0, 0.1) is 5.82 Å². The molecule has 126 valence electrons. The number of likely N-dealkylation sites (tertiary alicyclic amines) is 1. The predicted octanol–water partition coefficient (Wildman–Crippen LogP) is 4.02. The Morgan fingerprint density at radius 3 is 2.67 bits per heavy atom. The lowest BCUT2D eigenvalue weighted by Crippen LogP contribution is -2.45. The van der Waals surface area contributed by atoms with E-state index in [9.17, 15) is 9.18 Å². The molecule has 0 spiro atoms. The van der Waals surface area contributed by atoms with Crippen molar-refractivity contribution >= 4 is 23.4 Å². The number of hydrogen-bond acceptors (Lipinski definition) is 3. The van der Waals surface area contributed by atoms with Crippen LogP contribution >= 0.6 is 11.8 Å². The maximum atomic E-state index is 13.0. The minimum Gasteiger partial charge on any atom is -0.381 e. The molecule has 1 N–H and O–H groups in total. The Morgan fingerprint density at radius 2 is 1.92 bits per heavy atom. The van der Waals surface area contributed by atoms with Crippen LogP contribution in [0.4, 0.5) is 10.1 Å². The van der Waals surface area contributed by atoms with E-state index in [-0.39, 0.29) is 17.8 Å². The molecule has 0 radical (unpaired) electrons. The van der Waals surface area contributed by atoms with E-state index < -0.39 is 0 Å². The Bertz CT molecular complexity index is 663. The monoisotopic (exact) mass is 344 g/mol. The summed E-state index contributed by atoms with van der Waals surface area (Å²) in [7, 11) is 0. The topological polar surface area (TPSA) is 32.3 Å². The fourth-order valence-corrected chi connectivity index (χ4v) is 3.68. The highest BCUT2D eigenvalue weighted by molar-refractivity contribution is 8.00. The molecule has 2 aromatic carbocycles. The van der Waals surface area contributed by atoms with Crippen LogP contribution in [0.3, 0.4) is 0 Å². The van der Waals surface area contributed by atoms with Crippen LogP contribution in [0.5, 0.6) is 0 Å². The average molecular weight is 344 g/mol. The van der Waals surface area contributed by atoms with E-state index in [4.69, 9.17) is 0 Å². The molecular weight excluding hydrogens is 323 g/mol. The maximum absolute atomic E-state index is 13.0. The number of nitrogens with zero attached hydrogens (tertiary/aromatic N) is 1. The van der Waals surface area contributed by atoms with Crippen LogP contribution in [-0.4, -0.2) is 35.7 Å². The molecule has 1 atom stereocenters. The maximum Gasteiger partial charge on any atom is 0.233 e. The molecule has 3 rings (SSSR count). The Morgan fingerprint density at radius 1 is 1.17 bits per heavy atom. The summed E-state index contributed by atoms with van der Waals surface area (Å²) in [5, 5.41) is 3.40. The van der Waals surface area contributed by atoms with E-state index in [2.05, 4.69) is 5.32 Å². The summed E-state index contributed by atoms with van der Waals surface area (Å²) in [6.07, 6.45) is 2.01. The van der Waals surface area contributed by atoms with E-state index in [1.54, 1.807) is 23.9 Å². The lowest BCUT2D eigenvalue weighted by Gasteiger charge is -2.33. The third-order valence-electron chi connectivity index (χ3n) is 4.09. The first-order chi connectivity index (χ1) is 11.7. The highest BCUT2D eigenvalue weighted by atomic mass is 32.2. The van der Waals surface area contributed by atoms with Crippen molar-refractivity contribution < 1.29 is 9.18 Å². The van der Waals surface area contributed by atoms with Crippen LogP contribution in [0.2, 0.25) is 0 Å². The van der Waals surface area contributed by atoms with Gasteiger partial charge in [-0.3, -0.25) is 4.79 Å². The van der Waals surface area contributed by atoms with Gasteiger partial charge in [-0.25, -0.2) is 4.39 Å². The van der Waals surface area contributed by atoms with Gasteiger partial charge in [-0.2, -0.15) is 0 Å². The number of carbonyl (C=O) groups is 1. The Labute approximate surface area is 146 Å². The first-order valence-corrected chi connectivity index (χ1v) is 9.17. The second kappa shape index (κ2) is 8.20. The zero-order valence-corrected chi connectivity index (χ0v) is 14.3.